The van der Waals surface area contributed by atoms with Crippen molar-refractivity contribution in [2.75, 3.05) is 64.6 Å². The van der Waals surface area contributed by atoms with E-state index < -0.39 is 6.17 Å². The summed E-state index contributed by atoms with van der Waals surface area (Å²) in [6, 6.07) is 5.99. The molecule has 2 aliphatic carbocycles. The molecule has 2 fully saturated rings. The number of likely N-dealkylation sites (tertiary alicyclic amines) is 1. The maximum atomic E-state index is 14.3. The van der Waals surface area contributed by atoms with E-state index >= 15 is 0 Å². The molecule has 0 saturated carbocycles. The number of aliphatic imine (C=N–C) groups is 1. The minimum Gasteiger partial charge on any atom is -0.473 e. The van der Waals surface area contributed by atoms with Crippen LogP contribution in [0.2, 0.25) is 0 Å². The van der Waals surface area contributed by atoms with Crippen LogP contribution >= 0.6 is 0 Å². The van der Waals surface area contributed by atoms with E-state index in [1.165, 1.54) is 11.1 Å². The number of hydrogen-bond donors (Lipinski definition) is 2. The lowest BCUT2D eigenvalue weighted by Gasteiger charge is -2.33. The van der Waals surface area contributed by atoms with Gasteiger partial charge in [-0.3, -0.25) is 9.89 Å². The summed E-state index contributed by atoms with van der Waals surface area (Å²) in [5, 5.41) is 7.82. The highest BCUT2D eigenvalue weighted by Gasteiger charge is 2.49. The number of aryl methyl sites for hydroxylation is 1. The molecule has 4 aliphatic rings. The Morgan fingerprint density at radius 2 is 2.13 bits per heavy atom. The molecule has 2 aromatic heterocycles. The first kappa shape index (κ1) is 32.0. The average Bonchev–Trinajstić information content (AvgIpc) is 3.85. The second-order valence-corrected chi connectivity index (χ2v) is 13.6. The highest BCUT2D eigenvalue weighted by Crippen LogP contribution is 2.54. The summed E-state index contributed by atoms with van der Waals surface area (Å²) in [5.41, 5.74) is 12.1. The zero-order valence-electron chi connectivity index (χ0n) is 28.0. The Balaban J connectivity index is 1.26. The van der Waals surface area contributed by atoms with Gasteiger partial charge in [-0.2, -0.15) is 4.98 Å². The van der Waals surface area contributed by atoms with Gasteiger partial charge in [0.15, 0.2) is 17.3 Å². The number of nitrogens with one attached hydrogen (secondary N) is 1. The summed E-state index contributed by atoms with van der Waals surface area (Å²) >= 11 is 0. The zero-order valence-corrected chi connectivity index (χ0v) is 28.0. The maximum absolute atomic E-state index is 14.3. The van der Waals surface area contributed by atoms with E-state index in [9.17, 15) is 4.39 Å². The topological polar surface area (TPSA) is 127 Å². The highest BCUT2D eigenvalue weighted by molar-refractivity contribution is 5.91. The van der Waals surface area contributed by atoms with Gasteiger partial charge >= 0.3 is 0 Å². The molecule has 7 rings (SSSR count). The Bertz CT molecular complexity index is 1630. The SMILES string of the molecule is CN=Cc1c(N)ccc2c1[C@]1(CCCc3c(-c4nc(O[C@@H](C)[C@@H]5C[C@@H](F)CN5C)cc(N5CC[C@@H](OCCNC)C5)n4)noc31)CC2. The summed E-state index contributed by atoms with van der Waals surface area (Å²) < 4.78 is 33.2. The summed E-state index contributed by atoms with van der Waals surface area (Å²) in [7, 11) is 5.65. The molecule has 252 valence electrons. The number of hydrogen-bond acceptors (Lipinski definition) is 11. The third-order valence-electron chi connectivity index (χ3n) is 10.7. The van der Waals surface area contributed by atoms with Crippen molar-refractivity contribution in [3.8, 4) is 17.4 Å². The van der Waals surface area contributed by atoms with E-state index in [1.54, 1.807) is 7.05 Å². The summed E-state index contributed by atoms with van der Waals surface area (Å²) in [4.78, 5) is 18.6. The summed E-state index contributed by atoms with van der Waals surface area (Å²) in [5.74, 6) is 2.59. The van der Waals surface area contributed by atoms with Crippen molar-refractivity contribution in [2.24, 2.45) is 4.99 Å². The molecule has 2 saturated heterocycles. The van der Waals surface area contributed by atoms with E-state index in [4.69, 9.17) is 29.7 Å². The quantitative estimate of drug-likeness (QED) is 0.190. The molecule has 3 aromatic rings. The Morgan fingerprint density at radius 1 is 1.26 bits per heavy atom. The fourth-order valence-electron chi connectivity index (χ4n) is 8.37. The molecular weight excluding hydrogens is 599 g/mol. The molecule has 1 aromatic carbocycles. The first-order valence-electron chi connectivity index (χ1n) is 17.1. The van der Waals surface area contributed by atoms with Gasteiger partial charge in [-0.05, 0) is 83.2 Å². The third-order valence-corrected chi connectivity index (χ3v) is 10.7. The number of fused-ring (bicyclic) bond motifs is 4. The Morgan fingerprint density at radius 3 is 2.91 bits per heavy atom. The van der Waals surface area contributed by atoms with Gasteiger partial charge in [0.05, 0.1) is 18.1 Å². The van der Waals surface area contributed by atoms with Crippen LogP contribution in [0, 0.1) is 0 Å². The molecule has 0 unspecified atom stereocenters. The van der Waals surface area contributed by atoms with Gasteiger partial charge in [0.2, 0.25) is 5.88 Å². The fraction of sp³-hybridized carbons (Fsp3) is 0.600. The van der Waals surface area contributed by atoms with Crippen LogP contribution in [0.25, 0.3) is 11.5 Å². The minimum absolute atomic E-state index is 0.0426. The molecule has 2 aliphatic heterocycles. The highest BCUT2D eigenvalue weighted by atomic mass is 19.1. The maximum Gasteiger partial charge on any atom is 0.219 e. The molecule has 5 atom stereocenters. The Hall–Kier alpha value is -3.61. The van der Waals surface area contributed by atoms with Crippen molar-refractivity contribution >= 4 is 17.7 Å². The van der Waals surface area contributed by atoms with Crippen LogP contribution in [0.4, 0.5) is 15.9 Å². The minimum atomic E-state index is -0.855. The standard InChI is InChI=1S/C35H47FN8O3/c1-21(28-16-23(36)19-43(28)4)46-30-17-29(44-14-10-24(20-44)45-15-13-38-2)40-34(41-30)32-25-6-5-11-35(33(25)47-42-32)12-9-22-7-8-27(37)26(18-39-3)31(22)35/h7-8,17-18,21,23-24,28,38H,5-6,9-16,19-20,37H2,1-4H3/t21-,23+,24+,28-,35-/m0/s1. The smallest absolute Gasteiger partial charge is 0.219 e. The van der Waals surface area contributed by atoms with Crippen LogP contribution < -0.4 is 20.7 Å². The van der Waals surface area contributed by atoms with Crippen molar-refractivity contribution in [1.82, 2.24) is 25.3 Å². The van der Waals surface area contributed by atoms with Crippen LogP contribution in [0.5, 0.6) is 5.88 Å². The van der Waals surface area contributed by atoms with E-state index in [1.807, 2.05) is 44.3 Å². The van der Waals surface area contributed by atoms with Gasteiger partial charge in [0.25, 0.3) is 0 Å². The van der Waals surface area contributed by atoms with Crippen molar-refractivity contribution in [3.05, 3.63) is 46.2 Å². The first-order chi connectivity index (χ1) is 22.8. The predicted octanol–water partition coefficient (Wildman–Crippen LogP) is 3.96. The average molecular weight is 647 g/mol. The number of anilines is 2. The summed E-state index contributed by atoms with van der Waals surface area (Å²) in [6.07, 6.45) is 6.86. The van der Waals surface area contributed by atoms with Gasteiger partial charge in [0.1, 0.15) is 18.1 Å². The lowest BCUT2D eigenvalue weighted by Crippen LogP contribution is -2.38. The Kier molecular flexibility index (Phi) is 8.92. The van der Waals surface area contributed by atoms with Gasteiger partial charge < -0.3 is 29.9 Å². The van der Waals surface area contributed by atoms with Crippen molar-refractivity contribution in [3.63, 3.8) is 0 Å². The third kappa shape index (κ3) is 5.89. The number of nitrogens with two attached hydrogens (primary N) is 1. The molecule has 0 amide bonds. The lowest BCUT2D eigenvalue weighted by atomic mass is 9.68. The van der Waals surface area contributed by atoms with E-state index in [-0.39, 0.29) is 23.7 Å². The number of alkyl halides is 1. The molecule has 0 bridgehead atoms. The number of rotatable bonds is 10. The predicted molar refractivity (Wildman–Crippen MR) is 180 cm³/mol. The van der Waals surface area contributed by atoms with Crippen LogP contribution in [-0.2, 0) is 23.0 Å². The number of nitrogens with zero attached hydrogens (tertiary/aromatic N) is 6. The van der Waals surface area contributed by atoms with Crippen LogP contribution in [0.3, 0.4) is 0 Å². The number of benzene rings is 1. The van der Waals surface area contributed by atoms with Crippen molar-refractivity contribution in [2.45, 2.75) is 81.7 Å². The zero-order chi connectivity index (χ0) is 32.7. The van der Waals surface area contributed by atoms with Gasteiger partial charge in [0, 0.05) is 68.4 Å². The number of aromatic nitrogens is 3. The number of nitrogen functional groups attached to an aromatic ring is 1. The molecule has 47 heavy (non-hydrogen) atoms. The summed E-state index contributed by atoms with van der Waals surface area (Å²) in [6.45, 7) is 5.41. The second-order valence-electron chi connectivity index (χ2n) is 13.6. The van der Waals surface area contributed by atoms with E-state index in [0.29, 0.717) is 37.0 Å². The molecule has 0 radical (unpaired) electrons. The van der Waals surface area contributed by atoms with Crippen LogP contribution in [-0.4, -0.2) is 105 Å². The van der Waals surface area contributed by atoms with Crippen molar-refractivity contribution < 1.29 is 18.4 Å². The monoisotopic (exact) mass is 646 g/mol. The van der Waals surface area contributed by atoms with Crippen LogP contribution in [0.15, 0.2) is 27.7 Å². The van der Waals surface area contributed by atoms with E-state index in [2.05, 4.69) is 26.4 Å². The largest absolute Gasteiger partial charge is 0.473 e. The van der Waals surface area contributed by atoms with Gasteiger partial charge in [-0.25, -0.2) is 9.37 Å². The molecule has 12 heteroatoms. The van der Waals surface area contributed by atoms with Gasteiger partial charge in [-0.15, -0.1) is 0 Å². The van der Waals surface area contributed by atoms with E-state index in [0.717, 1.165) is 86.6 Å². The first-order valence-corrected chi connectivity index (χ1v) is 17.1. The number of halogens is 1. The molecule has 1 spiro atoms. The molecule has 3 N–H and O–H groups in total. The van der Waals surface area contributed by atoms with Crippen molar-refractivity contribution in [1.29, 1.82) is 0 Å². The fourth-order valence-corrected chi connectivity index (χ4v) is 8.37. The normalized spacial score (nSPS) is 26.4. The molecule has 11 nitrogen and oxygen atoms in total. The number of ether oxygens (including phenoxy) is 2. The molecule has 4 heterocycles. The molecular formula is C35H47FN8O3. The second kappa shape index (κ2) is 13.1. The lowest BCUT2D eigenvalue weighted by molar-refractivity contribution is 0.0711. The number of likely N-dealkylation sites (N-methyl/N-ethyl adjacent to an activating group) is 2. The van der Waals surface area contributed by atoms with Crippen LogP contribution in [0.1, 0.15) is 67.0 Å². The van der Waals surface area contributed by atoms with Gasteiger partial charge in [-0.1, -0.05) is 11.2 Å². The Labute approximate surface area is 276 Å².